The SMILES string of the molecule is CCNC(=NCc1ccc(NC(=O)OC)cc1)NCCc1ccc(Cl)cc1. The normalized spacial score (nSPS) is 11.0. The van der Waals surface area contributed by atoms with Crippen molar-refractivity contribution in [1.29, 1.82) is 0 Å². The Hall–Kier alpha value is -2.73. The van der Waals surface area contributed by atoms with Gasteiger partial charge in [-0.2, -0.15) is 0 Å². The molecule has 6 nitrogen and oxygen atoms in total. The first-order chi connectivity index (χ1) is 13.1. The number of carbonyl (C=O) groups excluding carboxylic acids is 1. The Balaban J connectivity index is 1.86. The average molecular weight is 389 g/mol. The maximum atomic E-state index is 11.2. The van der Waals surface area contributed by atoms with Crippen molar-refractivity contribution in [1.82, 2.24) is 10.6 Å². The van der Waals surface area contributed by atoms with Crippen molar-refractivity contribution in [2.75, 3.05) is 25.5 Å². The number of hydrogen-bond acceptors (Lipinski definition) is 3. The molecule has 2 rings (SSSR count). The zero-order valence-corrected chi connectivity index (χ0v) is 16.3. The molecule has 0 aliphatic heterocycles. The van der Waals surface area contributed by atoms with Crippen molar-refractivity contribution >= 4 is 29.3 Å². The van der Waals surface area contributed by atoms with Crippen LogP contribution in [0.1, 0.15) is 18.1 Å². The molecule has 7 heteroatoms. The fourth-order valence-electron chi connectivity index (χ4n) is 2.35. The van der Waals surface area contributed by atoms with E-state index in [1.807, 2.05) is 55.5 Å². The summed E-state index contributed by atoms with van der Waals surface area (Å²) in [5.41, 5.74) is 2.94. The van der Waals surface area contributed by atoms with Crippen molar-refractivity contribution in [3.63, 3.8) is 0 Å². The molecule has 144 valence electrons. The summed E-state index contributed by atoms with van der Waals surface area (Å²) in [7, 11) is 1.33. The molecule has 0 aromatic heterocycles. The Kier molecular flexibility index (Phi) is 8.45. The smallest absolute Gasteiger partial charge is 0.411 e. The Morgan fingerprint density at radius 1 is 1.04 bits per heavy atom. The monoisotopic (exact) mass is 388 g/mol. The van der Waals surface area contributed by atoms with Crippen LogP contribution in [0, 0.1) is 0 Å². The molecule has 1 amide bonds. The summed E-state index contributed by atoms with van der Waals surface area (Å²) in [6, 6.07) is 15.3. The molecule has 0 aliphatic rings. The number of carbonyl (C=O) groups is 1. The van der Waals surface area contributed by atoms with Crippen LogP contribution in [0.4, 0.5) is 10.5 Å². The third kappa shape index (κ3) is 7.58. The van der Waals surface area contributed by atoms with Crippen molar-refractivity contribution < 1.29 is 9.53 Å². The van der Waals surface area contributed by atoms with E-state index in [0.717, 1.165) is 36.1 Å². The average Bonchev–Trinajstić information content (AvgIpc) is 2.68. The number of anilines is 1. The molecule has 3 N–H and O–H groups in total. The fraction of sp³-hybridized carbons (Fsp3) is 0.300. The number of amides is 1. The lowest BCUT2D eigenvalue weighted by atomic mass is 10.1. The van der Waals surface area contributed by atoms with E-state index in [1.54, 1.807) is 0 Å². The number of hydrogen-bond donors (Lipinski definition) is 3. The van der Waals surface area contributed by atoms with Gasteiger partial charge in [-0.3, -0.25) is 5.32 Å². The van der Waals surface area contributed by atoms with Gasteiger partial charge in [-0.15, -0.1) is 0 Å². The number of methoxy groups -OCH3 is 1. The molecule has 0 saturated carbocycles. The number of ether oxygens (including phenoxy) is 1. The highest BCUT2D eigenvalue weighted by Crippen LogP contribution is 2.11. The van der Waals surface area contributed by atoms with E-state index >= 15 is 0 Å². The van der Waals surface area contributed by atoms with E-state index in [-0.39, 0.29) is 0 Å². The summed E-state index contributed by atoms with van der Waals surface area (Å²) in [5.74, 6) is 0.767. The highest BCUT2D eigenvalue weighted by Gasteiger charge is 2.01. The first-order valence-corrected chi connectivity index (χ1v) is 9.19. The van der Waals surface area contributed by atoms with Crippen LogP contribution in [-0.4, -0.2) is 32.3 Å². The standard InChI is InChI=1S/C20H25ClN4O2/c1-3-22-19(23-13-12-15-4-8-17(21)9-5-15)24-14-16-6-10-18(11-7-16)25-20(26)27-2/h4-11H,3,12-14H2,1-2H3,(H,25,26)(H2,22,23,24). The molecule has 0 saturated heterocycles. The Morgan fingerprint density at radius 2 is 1.70 bits per heavy atom. The first kappa shape index (κ1) is 20.6. The minimum atomic E-state index is -0.486. The van der Waals surface area contributed by atoms with Gasteiger partial charge in [0.25, 0.3) is 0 Å². The topological polar surface area (TPSA) is 74.8 Å². The summed E-state index contributed by atoms with van der Waals surface area (Å²) < 4.78 is 4.57. The molecule has 27 heavy (non-hydrogen) atoms. The lowest BCUT2D eigenvalue weighted by molar-refractivity contribution is 0.187. The second kappa shape index (κ2) is 11.1. The van der Waals surface area contributed by atoms with E-state index in [2.05, 4.69) is 25.7 Å². The lowest BCUT2D eigenvalue weighted by Gasteiger charge is -2.11. The highest BCUT2D eigenvalue weighted by atomic mass is 35.5. The molecule has 0 unspecified atom stereocenters. The van der Waals surface area contributed by atoms with Gasteiger partial charge in [-0.1, -0.05) is 35.9 Å². The fourth-order valence-corrected chi connectivity index (χ4v) is 2.48. The van der Waals surface area contributed by atoms with Gasteiger partial charge in [0, 0.05) is 23.8 Å². The number of halogens is 1. The molecule has 0 fully saturated rings. The third-order valence-electron chi connectivity index (χ3n) is 3.77. The lowest BCUT2D eigenvalue weighted by Crippen LogP contribution is -2.38. The highest BCUT2D eigenvalue weighted by molar-refractivity contribution is 6.30. The first-order valence-electron chi connectivity index (χ1n) is 8.81. The molecular weight excluding hydrogens is 364 g/mol. The van der Waals surface area contributed by atoms with Crippen LogP contribution in [0.15, 0.2) is 53.5 Å². The second-order valence-electron chi connectivity index (χ2n) is 5.81. The number of guanidine groups is 1. The molecule has 0 bridgehead atoms. The minimum absolute atomic E-state index is 0.486. The zero-order valence-electron chi connectivity index (χ0n) is 15.6. The van der Waals surface area contributed by atoms with Gasteiger partial charge >= 0.3 is 6.09 Å². The molecule has 0 spiro atoms. The number of rotatable bonds is 7. The van der Waals surface area contributed by atoms with Crippen LogP contribution in [0.3, 0.4) is 0 Å². The summed E-state index contributed by atoms with van der Waals surface area (Å²) in [5, 5.41) is 9.93. The number of benzene rings is 2. The maximum absolute atomic E-state index is 11.2. The predicted octanol–water partition coefficient (Wildman–Crippen LogP) is 3.82. The summed E-state index contributed by atoms with van der Waals surface area (Å²) >= 11 is 5.91. The van der Waals surface area contributed by atoms with Gasteiger partial charge < -0.3 is 15.4 Å². The van der Waals surface area contributed by atoms with Crippen LogP contribution < -0.4 is 16.0 Å². The molecule has 0 atom stereocenters. The van der Waals surface area contributed by atoms with Crippen molar-refractivity contribution in [2.45, 2.75) is 19.9 Å². The van der Waals surface area contributed by atoms with Gasteiger partial charge in [0.2, 0.25) is 0 Å². The minimum Gasteiger partial charge on any atom is -0.453 e. The van der Waals surface area contributed by atoms with Gasteiger partial charge in [-0.25, -0.2) is 9.79 Å². The summed E-state index contributed by atoms with van der Waals surface area (Å²) in [6.45, 7) is 4.13. The summed E-state index contributed by atoms with van der Waals surface area (Å²) in [6.07, 6.45) is 0.398. The van der Waals surface area contributed by atoms with Crippen LogP contribution in [-0.2, 0) is 17.7 Å². The van der Waals surface area contributed by atoms with Crippen molar-refractivity contribution in [3.05, 3.63) is 64.7 Å². The van der Waals surface area contributed by atoms with E-state index in [0.29, 0.717) is 12.2 Å². The molecule has 0 radical (unpaired) electrons. The predicted molar refractivity (Wildman–Crippen MR) is 110 cm³/mol. The Labute approximate surface area is 165 Å². The number of aliphatic imine (C=N–C) groups is 1. The van der Waals surface area contributed by atoms with Gasteiger partial charge in [0.05, 0.1) is 13.7 Å². The van der Waals surface area contributed by atoms with Crippen molar-refractivity contribution in [3.8, 4) is 0 Å². The third-order valence-corrected chi connectivity index (χ3v) is 4.02. The molecular formula is C20H25ClN4O2. The van der Waals surface area contributed by atoms with E-state index < -0.39 is 6.09 Å². The van der Waals surface area contributed by atoms with E-state index in [9.17, 15) is 4.79 Å². The number of nitrogens with one attached hydrogen (secondary N) is 3. The Bertz CT molecular complexity index is 746. The molecule has 2 aromatic carbocycles. The van der Waals surface area contributed by atoms with Gasteiger partial charge in [0.15, 0.2) is 5.96 Å². The molecule has 2 aromatic rings. The number of nitrogens with zero attached hydrogens (tertiary/aromatic N) is 1. The van der Waals surface area contributed by atoms with Crippen LogP contribution >= 0.6 is 11.6 Å². The summed E-state index contributed by atoms with van der Waals surface area (Å²) in [4.78, 5) is 15.8. The van der Waals surface area contributed by atoms with E-state index in [1.165, 1.54) is 12.7 Å². The Morgan fingerprint density at radius 3 is 2.33 bits per heavy atom. The maximum Gasteiger partial charge on any atom is 0.411 e. The largest absolute Gasteiger partial charge is 0.453 e. The van der Waals surface area contributed by atoms with Crippen molar-refractivity contribution in [2.24, 2.45) is 4.99 Å². The zero-order chi connectivity index (χ0) is 19.5. The van der Waals surface area contributed by atoms with Crippen LogP contribution in [0.25, 0.3) is 0 Å². The van der Waals surface area contributed by atoms with Gasteiger partial charge in [-0.05, 0) is 48.7 Å². The van der Waals surface area contributed by atoms with Crippen LogP contribution in [0.2, 0.25) is 5.02 Å². The molecule has 0 aliphatic carbocycles. The quantitative estimate of drug-likeness (QED) is 0.498. The second-order valence-corrected chi connectivity index (χ2v) is 6.25. The molecule has 0 heterocycles. The van der Waals surface area contributed by atoms with Crippen LogP contribution in [0.5, 0.6) is 0 Å². The van der Waals surface area contributed by atoms with Gasteiger partial charge in [0.1, 0.15) is 0 Å². The van der Waals surface area contributed by atoms with E-state index in [4.69, 9.17) is 11.6 Å².